The zero-order chi connectivity index (χ0) is 14.0. The van der Waals surface area contributed by atoms with Crippen LogP contribution in [0.2, 0.25) is 0 Å². The van der Waals surface area contributed by atoms with Gasteiger partial charge in [0.05, 0.1) is 9.82 Å². The second kappa shape index (κ2) is 5.23. The van der Waals surface area contributed by atoms with E-state index in [2.05, 4.69) is 9.97 Å². The highest BCUT2D eigenvalue weighted by molar-refractivity contribution is 7.99. The van der Waals surface area contributed by atoms with E-state index < -0.39 is 4.92 Å². The van der Waals surface area contributed by atoms with E-state index >= 15 is 0 Å². The summed E-state index contributed by atoms with van der Waals surface area (Å²) in [4.78, 5) is 19.4. The van der Waals surface area contributed by atoms with Crippen LogP contribution in [0.25, 0.3) is 0 Å². The van der Waals surface area contributed by atoms with Crippen molar-refractivity contribution < 1.29 is 4.92 Å². The first-order valence-electron chi connectivity index (χ1n) is 5.51. The smallest absolute Gasteiger partial charge is 0.283 e. The van der Waals surface area contributed by atoms with Crippen molar-refractivity contribution in [2.24, 2.45) is 0 Å². The molecule has 0 aliphatic rings. The number of hydrogen-bond acceptors (Lipinski definition) is 6. The molecule has 0 atom stereocenters. The molecule has 0 aliphatic heterocycles. The number of nitro benzene ring substituents is 1. The van der Waals surface area contributed by atoms with Gasteiger partial charge in [-0.25, -0.2) is 9.97 Å². The minimum Gasteiger partial charge on any atom is -0.383 e. The predicted octanol–water partition coefficient (Wildman–Crippen LogP) is 2.74. The molecule has 98 valence electrons. The molecule has 0 saturated heterocycles. The minimum absolute atomic E-state index is 0.0572. The molecule has 0 spiro atoms. The molecule has 2 rings (SSSR count). The molecule has 1 aromatic carbocycles. The van der Waals surface area contributed by atoms with Crippen LogP contribution in [0.3, 0.4) is 0 Å². The molecule has 7 heteroatoms. The first kappa shape index (κ1) is 13.3. The number of nitro groups is 1. The number of aromatic nitrogens is 2. The Morgan fingerprint density at radius 1 is 1.26 bits per heavy atom. The van der Waals surface area contributed by atoms with Crippen molar-refractivity contribution in [3.63, 3.8) is 0 Å². The summed E-state index contributed by atoms with van der Waals surface area (Å²) in [6.07, 6.45) is 0. The molecule has 0 unspecified atom stereocenters. The third kappa shape index (κ3) is 2.82. The lowest BCUT2D eigenvalue weighted by atomic mass is 10.3. The molecule has 2 N–H and O–H groups in total. The number of para-hydroxylation sites is 1. The molecular formula is C12H12N4O2S. The Morgan fingerprint density at radius 3 is 2.63 bits per heavy atom. The van der Waals surface area contributed by atoms with E-state index in [9.17, 15) is 10.1 Å². The maximum Gasteiger partial charge on any atom is 0.283 e. The summed E-state index contributed by atoms with van der Waals surface area (Å²) < 4.78 is 0. The Balaban J connectivity index is 2.45. The summed E-state index contributed by atoms with van der Waals surface area (Å²) in [6, 6.07) is 6.54. The van der Waals surface area contributed by atoms with Gasteiger partial charge in [0.2, 0.25) is 0 Å². The van der Waals surface area contributed by atoms with E-state index in [-0.39, 0.29) is 5.69 Å². The second-order valence-corrected chi connectivity index (χ2v) is 4.94. The average molecular weight is 276 g/mol. The van der Waals surface area contributed by atoms with Crippen LogP contribution in [0.15, 0.2) is 34.2 Å². The Hall–Kier alpha value is -2.15. The van der Waals surface area contributed by atoms with Crippen molar-refractivity contribution in [3.8, 4) is 0 Å². The maximum atomic E-state index is 11.0. The molecule has 2 aromatic rings. The van der Waals surface area contributed by atoms with Crippen molar-refractivity contribution in [2.75, 3.05) is 5.73 Å². The molecule has 1 heterocycles. The van der Waals surface area contributed by atoms with Gasteiger partial charge in [-0.1, -0.05) is 23.9 Å². The SMILES string of the molecule is Cc1nc(N)c(C)c(Sc2ccccc2[N+](=O)[O-])n1. The number of aryl methyl sites for hydroxylation is 1. The van der Waals surface area contributed by atoms with Crippen LogP contribution in [-0.4, -0.2) is 14.9 Å². The maximum absolute atomic E-state index is 11.0. The minimum atomic E-state index is -0.408. The van der Waals surface area contributed by atoms with Crippen LogP contribution in [0.5, 0.6) is 0 Å². The topological polar surface area (TPSA) is 94.9 Å². The molecule has 0 amide bonds. The van der Waals surface area contributed by atoms with Gasteiger partial charge in [0, 0.05) is 11.6 Å². The van der Waals surface area contributed by atoms with E-state index in [0.717, 1.165) is 5.56 Å². The van der Waals surface area contributed by atoms with Crippen molar-refractivity contribution >= 4 is 23.3 Å². The number of hydrogen-bond donors (Lipinski definition) is 1. The van der Waals surface area contributed by atoms with Gasteiger partial charge in [-0.15, -0.1) is 0 Å². The van der Waals surface area contributed by atoms with E-state index in [1.54, 1.807) is 32.0 Å². The summed E-state index contributed by atoms with van der Waals surface area (Å²) in [5.41, 5.74) is 6.56. The zero-order valence-electron chi connectivity index (χ0n) is 10.5. The molecule has 1 aromatic heterocycles. The fourth-order valence-electron chi connectivity index (χ4n) is 1.52. The number of rotatable bonds is 3. The van der Waals surface area contributed by atoms with Crippen molar-refractivity contribution in [1.82, 2.24) is 9.97 Å². The molecule has 0 saturated carbocycles. The van der Waals surface area contributed by atoms with E-state index in [1.807, 2.05) is 0 Å². The lowest BCUT2D eigenvalue weighted by Gasteiger charge is -2.08. The van der Waals surface area contributed by atoms with E-state index in [1.165, 1.54) is 17.8 Å². The molecule has 0 bridgehead atoms. The first-order valence-corrected chi connectivity index (χ1v) is 6.32. The standard InChI is InChI=1S/C12H12N4O2S/c1-7-11(13)14-8(2)15-12(7)19-10-6-4-3-5-9(10)16(17)18/h3-6H,1-2H3,(H2,13,14,15). The molecule has 19 heavy (non-hydrogen) atoms. The van der Waals surface area contributed by atoms with Gasteiger partial charge < -0.3 is 5.73 Å². The summed E-state index contributed by atoms with van der Waals surface area (Å²) in [5.74, 6) is 0.942. The third-order valence-electron chi connectivity index (χ3n) is 2.52. The quantitative estimate of drug-likeness (QED) is 0.526. The van der Waals surface area contributed by atoms with Gasteiger partial charge in [0.25, 0.3) is 5.69 Å². The van der Waals surface area contributed by atoms with Crippen LogP contribution >= 0.6 is 11.8 Å². The second-order valence-electron chi connectivity index (χ2n) is 3.91. The Bertz CT molecular complexity index is 646. The summed E-state index contributed by atoms with van der Waals surface area (Å²) in [7, 11) is 0. The largest absolute Gasteiger partial charge is 0.383 e. The number of benzene rings is 1. The Kier molecular flexibility index (Phi) is 3.66. The van der Waals surface area contributed by atoms with Crippen LogP contribution in [-0.2, 0) is 0 Å². The number of nitrogens with two attached hydrogens (primary N) is 1. The van der Waals surface area contributed by atoms with Crippen LogP contribution in [0.1, 0.15) is 11.4 Å². The summed E-state index contributed by atoms with van der Waals surface area (Å²) in [6.45, 7) is 3.53. The van der Waals surface area contributed by atoms with E-state index in [4.69, 9.17) is 5.73 Å². The molecule has 0 aliphatic carbocycles. The lowest BCUT2D eigenvalue weighted by Crippen LogP contribution is -2.01. The lowest BCUT2D eigenvalue weighted by molar-refractivity contribution is -0.387. The molecule has 0 fully saturated rings. The average Bonchev–Trinajstić information content (AvgIpc) is 2.35. The fraction of sp³-hybridized carbons (Fsp3) is 0.167. The van der Waals surface area contributed by atoms with Crippen LogP contribution in [0, 0.1) is 24.0 Å². The Labute approximate surface area is 114 Å². The van der Waals surface area contributed by atoms with Crippen molar-refractivity contribution in [3.05, 3.63) is 45.8 Å². The van der Waals surface area contributed by atoms with Gasteiger partial charge >= 0.3 is 0 Å². The van der Waals surface area contributed by atoms with Gasteiger partial charge in [-0.3, -0.25) is 10.1 Å². The molecule has 0 radical (unpaired) electrons. The Morgan fingerprint density at radius 2 is 1.95 bits per heavy atom. The van der Waals surface area contributed by atoms with Gasteiger partial charge in [-0.05, 0) is 19.9 Å². The molecule has 6 nitrogen and oxygen atoms in total. The summed E-state index contributed by atoms with van der Waals surface area (Å²) >= 11 is 1.22. The van der Waals surface area contributed by atoms with Gasteiger partial charge in [-0.2, -0.15) is 0 Å². The van der Waals surface area contributed by atoms with E-state index in [0.29, 0.717) is 21.6 Å². The summed E-state index contributed by atoms with van der Waals surface area (Å²) in [5, 5.41) is 11.6. The highest BCUT2D eigenvalue weighted by atomic mass is 32.2. The third-order valence-corrected chi connectivity index (χ3v) is 3.68. The van der Waals surface area contributed by atoms with Gasteiger partial charge in [0.1, 0.15) is 16.7 Å². The number of anilines is 1. The van der Waals surface area contributed by atoms with Crippen LogP contribution in [0.4, 0.5) is 11.5 Å². The van der Waals surface area contributed by atoms with Gasteiger partial charge in [0.15, 0.2) is 0 Å². The zero-order valence-corrected chi connectivity index (χ0v) is 11.3. The number of nitrogen functional groups attached to an aromatic ring is 1. The van der Waals surface area contributed by atoms with Crippen molar-refractivity contribution in [1.29, 1.82) is 0 Å². The predicted molar refractivity (Wildman–Crippen MR) is 73.1 cm³/mol. The number of nitrogens with zero attached hydrogens (tertiary/aromatic N) is 3. The molecular weight excluding hydrogens is 264 g/mol. The first-order chi connectivity index (χ1) is 8.99. The monoisotopic (exact) mass is 276 g/mol. The highest BCUT2D eigenvalue weighted by Gasteiger charge is 2.16. The van der Waals surface area contributed by atoms with Crippen molar-refractivity contribution in [2.45, 2.75) is 23.8 Å². The fourth-order valence-corrected chi connectivity index (χ4v) is 2.56. The normalized spacial score (nSPS) is 10.4. The van der Waals surface area contributed by atoms with Crippen LogP contribution < -0.4 is 5.73 Å². The highest BCUT2D eigenvalue weighted by Crippen LogP contribution is 2.35.